The van der Waals surface area contributed by atoms with Crippen LogP contribution in [0.25, 0.3) is 11.4 Å². The van der Waals surface area contributed by atoms with Crippen molar-refractivity contribution in [1.82, 2.24) is 25.2 Å². The summed E-state index contributed by atoms with van der Waals surface area (Å²) >= 11 is 0. The first-order valence-corrected chi connectivity index (χ1v) is 9.12. The third kappa shape index (κ3) is 3.60. The van der Waals surface area contributed by atoms with Gasteiger partial charge in [-0.15, -0.1) is 0 Å². The largest absolute Gasteiger partial charge is 0.351 e. The first-order chi connectivity index (χ1) is 13.1. The molecule has 1 saturated heterocycles. The van der Waals surface area contributed by atoms with Crippen molar-refractivity contribution in [2.75, 3.05) is 6.54 Å². The average molecular weight is 367 g/mol. The first-order valence-electron chi connectivity index (χ1n) is 9.12. The summed E-state index contributed by atoms with van der Waals surface area (Å²) in [5.74, 6) is 1.41. The third-order valence-electron chi connectivity index (χ3n) is 4.55. The number of rotatable bonds is 5. The van der Waals surface area contributed by atoms with E-state index in [0.717, 1.165) is 30.5 Å². The van der Waals surface area contributed by atoms with Crippen molar-refractivity contribution in [2.45, 2.75) is 39.2 Å². The highest BCUT2D eigenvalue weighted by Crippen LogP contribution is 2.33. The van der Waals surface area contributed by atoms with Crippen molar-refractivity contribution in [2.24, 2.45) is 5.92 Å². The van der Waals surface area contributed by atoms with Crippen LogP contribution in [0.4, 0.5) is 0 Å². The Bertz CT molecular complexity index is 918. The molecular weight excluding hydrogens is 346 g/mol. The minimum atomic E-state index is -0.255. The van der Waals surface area contributed by atoms with Gasteiger partial charge in [-0.2, -0.15) is 4.98 Å². The SMILES string of the molecule is CC(C)Cc1cc(C(=O)N2CCC[C@H]2c2nc(-c3cccnc3)no2)on1. The van der Waals surface area contributed by atoms with E-state index >= 15 is 0 Å². The van der Waals surface area contributed by atoms with Gasteiger partial charge in [0.05, 0.1) is 5.69 Å². The number of pyridine rings is 1. The van der Waals surface area contributed by atoms with Crippen molar-refractivity contribution in [3.05, 3.63) is 47.9 Å². The Morgan fingerprint density at radius 1 is 1.33 bits per heavy atom. The highest BCUT2D eigenvalue weighted by atomic mass is 16.5. The molecule has 0 aliphatic carbocycles. The standard InChI is InChI=1S/C19H21N5O3/c1-12(2)9-14-10-16(26-22-14)19(25)24-8-4-6-15(24)18-21-17(23-27-18)13-5-3-7-20-11-13/h3,5,7,10-12,15H,4,6,8-9H2,1-2H3/t15-/m0/s1. The van der Waals surface area contributed by atoms with E-state index in [1.54, 1.807) is 23.4 Å². The molecule has 0 unspecified atom stereocenters. The van der Waals surface area contributed by atoms with Gasteiger partial charge >= 0.3 is 0 Å². The van der Waals surface area contributed by atoms with Gasteiger partial charge in [-0.1, -0.05) is 24.2 Å². The molecule has 3 aromatic heterocycles. The quantitative estimate of drug-likeness (QED) is 0.682. The molecule has 3 aromatic rings. The lowest BCUT2D eigenvalue weighted by molar-refractivity contribution is 0.0668. The van der Waals surface area contributed by atoms with Crippen LogP contribution in [0.1, 0.15) is 54.9 Å². The van der Waals surface area contributed by atoms with Crippen LogP contribution in [-0.2, 0) is 6.42 Å². The zero-order valence-electron chi connectivity index (χ0n) is 15.3. The second kappa shape index (κ2) is 7.30. The number of likely N-dealkylation sites (tertiary alicyclic amines) is 1. The van der Waals surface area contributed by atoms with Crippen LogP contribution in [0.3, 0.4) is 0 Å². The van der Waals surface area contributed by atoms with E-state index in [-0.39, 0.29) is 17.7 Å². The molecule has 4 rings (SSSR count). The van der Waals surface area contributed by atoms with E-state index in [2.05, 4.69) is 34.1 Å². The van der Waals surface area contributed by atoms with Crippen LogP contribution < -0.4 is 0 Å². The predicted molar refractivity (Wildman–Crippen MR) is 95.6 cm³/mol. The van der Waals surface area contributed by atoms with Crippen LogP contribution in [-0.4, -0.2) is 37.6 Å². The third-order valence-corrected chi connectivity index (χ3v) is 4.55. The van der Waals surface area contributed by atoms with E-state index in [1.807, 2.05) is 12.1 Å². The number of carbonyl (C=O) groups excluding carboxylic acids is 1. The van der Waals surface area contributed by atoms with Gasteiger partial charge in [-0.25, -0.2) is 0 Å². The molecule has 0 spiro atoms. The van der Waals surface area contributed by atoms with Gasteiger partial charge < -0.3 is 13.9 Å². The van der Waals surface area contributed by atoms with Crippen molar-refractivity contribution >= 4 is 5.91 Å². The molecule has 140 valence electrons. The fraction of sp³-hybridized carbons (Fsp3) is 0.421. The molecule has 0 N–H and O–H groups in total. The Morgan fingerprint density at radius 2 is 2.22 bits per heavy atom. The molecule has 1 fully saturated rings. The monoisotopic (exact) mass is 367 g/mol. The normalized spacial score (nSPS) is 17.0. The summed E-state index contributed by atoms with van der Waals surface area (Å²) < 4.78 is 10.7. The van der Waals surface area contributed by atoms with Gasteiger partial charge in [-0.3, -0.25) is 9.78 Å². The Hall–Kier alpha value is -3.03. The molecule has 1 aliphatic heterocycles. The zero-order chi connectivity index (χ0) is 18.8. The molecule has 0 aromatic carbocycles. The zero-order valence-corrected chi connectivity index (χ0v) is 15.3. The molecule has 8 nitrogen and oxygen atoms in total. The van der Waals surface area contributed by atoms with Crippen LogP contribution >= 0.6 is 0 Å². The Morgan fingerprint density at radius 3 is 3.00 bits per heavy atom. The maximum atomic E-state index is 12.9. The van der Waals surface area contributed by atoms with Crippen molar-refractivity contribution in [1.29, 1.82) is 0 Å². The van der Waals surface area contributed by atoms with E-state index in [4.69, 9.17) is 9.05 Å². The lowest BCUT2D eigenvalue weighted by Crippen LogP contribution is -2.30. The van der Waals surface area contributed by atoms with E-state index in [0.29, 0.717) is 24.2 Å². The second-order valence-electron chi connectivity index (χ2n) is 7.13. The summed E-state index contributed by atoms with van der Waals surface area (Å²) in [6.07, 6.45) is 5.78. The van der Waals surface area contributed by atoms with Gasteiger partial charge in [0.25, 0.3) is 5.91 Å². The minimum absolute atomic E-state index is 0.193. The number of hydrogen-bond donors (Lipinski definition) is 0. The van der Waals surface area contributed by atoms with Crippen LogP contribution in [0, 0.1) is 5.92 Å². The predicted octanol–water partition coefficient (Wildman–Crippen LogP) is 3.30. The van der Waals surface area contributed by atoms with Crippen molar-refractivity contribution in [3.8, 4) is 11.4 Å². The van der Waals surface area contributed by atoms with Gasteiger partial charge in [0.15, 0.2) is 0 Å². The number of amides is 1. The first kappa shape index (κ1) is 17.4. The average Bonchev–Trinajstić information content (AvgIpc) is 3.41. The number of nitrogens with zero attached hydrogens (tertiary/aromatic N) is 5. The summed E-state index contributed by atoms with van der Waals surface area (Å²) in [4.78, 5) is 23.2. The van der Waals surface area contributed by atoms with Gasteiger partial charge in [0, 0.05) is 30.6 Å². The molecular formula is C19H21N5O3. The summed E-state index contributed by atoms with van der Waals surface area (Å²) in [6.45, 7) is 4.82. The van der Waals surface area contributed by atoms with Crippen LogP contribution in [0.5, 0.6) is 0 Å². The highest BCUT2D eigenvalue weighted by molar-refractivity contribution is 5.91. The molecule has 1 amide bonds. The summed E-state index contributed by atoms with van der Waals surface area (Å²) in [5.41, 5.74) is 1.57. The van der Waals surface area contributed by atoms with Gasteiger partial charge in [-0.05, 0) is 37.3 Å². The smallest absolute Gasteiger partial charge is 0.293 e. The maximum absolute atomic E-state index is 12.9. The highest BCUT2D eigenvalue weighted by Gasteiger charge is 2.36. The van der Waals surface area contributed by atoms with E-state index in [9.17, 15) is 4.79 Å². The Labute approximate surface area is 156 Å². The Balaban J connectivity index is 1.53. The summed E-state index contributed by atoms with van der Waals surface area (Å²) in [6, 6.07) is 5.15. The minimum Gasteiger partial charge on any atom is -0.351 e. The summed E-state index contributed by atoms with van der Waals surface area (Å²) in [5, 5.41) is 8.04. The lowest BCUT2D eigenvalue weighted by Gasteiger charge is -2.20. The topological polar surface area (TPSA) is 98.2 Å². The van der Waals surface area contributed by atoms with Crippen LogP contribution in [0.15, 0.2) is 39.6 Å². The number of hydrogen-bond acceptors (Lipinski definition) is 7. The molecule has 4 heterocycles. The van der Waals surface area contributed by atoms with Crippen molar-refractivity contribution < 1.29 is 13.8 Å². The fourth-order valence-corrected chi connectivity index (χ4v) is 3.32. The molecule has 1 aliphatic rings. The van der Waals surface area contributed by atoms with Gasteiger partial charge in [0.1, 0.15) is 6.04 Å². The molecule has 8 heteroatoms. The maximum Gasteiger partial charge on any atom is 0.293 e. The summed E-state index contributed by atoms with van der Waals surface area (Å²) in [7, 11) is 0. The lowest BCUT2D eigenvalue weighted by atomic mass is 10.1. The van der Waals surface area contributed by atoms with E-state index < -0.39 is 0 Å². The number of aromatic nitrogens is 4. The molecule has 0 radical (unpaired) electrons. The molecule has 1 atom stereocenters. The van der Waals surface area contributed by atoms with Crippen LogP contribution in [0.2, 0.25) is 0 Å². The molecule has 27 heavy (non-hydrogen) atoms. The van der Waals surface area contributed by atoms with Gasteiger partial charge in [0.2, 0.25) is 17.5 Å². The van der Waals surface area contributed by atoms with E-state index in [1.165, 1.54) is 0 Å². The molecule has 0 saturated carbocycles. The Kier molecular flexibility index (Phi) is 4.70. The molecule has 0 bridgehead atoms. The fourth-order valence-electron chi connectivity index (χ4n) is 3.32. The number of carbonyl (C=O) groups is 1. The second-order valence-corrected chi connectivity index (χ2v) is 7.13. The van der Waals surface area contributed by atoms with Crippen molar-refractivity contribution in [3.63, 3.8) is 0 Å².